The first kappa shape index (κ1) is 11.8. The van der Waals surface area contributed by atoms with Crippen LogP contribution in [0.15, 0.2) is 18.2 Å². The third-order valence-corrected chi connectivity index (χ3v) is 4.02. The zero-order chi connectivity index (χ0) is 12.4. The Morgan fingerprint density at radius 2 is 1.94 bits per heavy atom. The Kier molecular flexibility index (Phi) is 3.37. The molecular formula is C14H22N4. The second-order valence-electron chi connectivity index (χ2n) is 5.44. The number of pyridine rings is 1. The van der Waals surface area contributed by atoms with E-state index in [0.29, 0.717) is 6.04 Å². The Morgan fingerprint density at radius 3 is 2.61 bits per heavy atom. The third-order valence-electron chi connectivity index (χ3n) is 4.02. The lowest BCUT2D eigenvalue weighted by atomic mass is 9.93. The van der Waals surface area contributed by atoms with Gasteiger partial charge in [0.05, 0.1) is 0 Å². The molecule has 18 heavy (non-hydrogen) atoms. The fourth-order valence-electron chi connectivity index (χ4n) is 2.48. The Labute approximate surface area is 109 Å². The number of nitrogens with one attached hydrogen (secondary N) is 1. The van der Waals surface area contributed by atoms with Gasteiger partial charge in [0.25, 0.3) is 0 Å². The summed E-state index contributed by atoms with van der Waals surface area (Å²) in [4.78, 5) is 9.49. The van der Waals surface area contributed by atoms with E-state index in [4.69, 9.17) is 4.98 Å². The van der Waals surface area contributed by atoms with Crippen molar-refractivity contribution >= 4 is 11.6 Å². The second kappa shape index (κ2) is 5.14. The molecule has 0 atom stereocenters. The number of hydrogen-bond donors (Lipinski definition) is 1. The topological polar surface area (TPSA) is 31.4 Å². The Bertz CT molecular complexity index is 395. The summed E-state index contributed by atoms with van der Waals surface area (Å²) in [6, 6.07) is 6.97. The van der Waals surface area contributed by atoms with Crippen LogP contribution in [0.3, 0.4) is 0 Å². The minimum absolute atomic E-state index is 0.653. The van der Waals surface area contributed by atoms with Crippen LogP contribution in [-0.2, 0) is 0 Å². The van der Waals surface area contributed by atoms with Crippen LogP contribution in [0.1, 0.15) is 19.3 Å². The van der Waals surface area contributed by atoms with Crippen molar-refractivity contribution < 1.29 is 0 Å². The summed E-state index contributed by atoms with van der Waals surface area (Å²) in [5.41, 5.74) is 0. The molecule has 2 heterocycles. The van der Waals surface area contributed by atoms with E-state index in [2.05, 4.69) is 40.4 Å². The van der Waals surface area contributed by atoms with Gasteiger partial charge >= 0.3 is 0 Å². The maximum absolute atomic E-state index is 4.74. The van der Waals surface area contributed by atoms with Crippen LogP contribution in [-0.4, -0.2) is 49.2 Å². The summed E-state index contributed by atoms with van der Waals surface area (Å²) in [6.07, 6.45) is 3.94. The molecule has 4 heteroatoms. The third kappa shape index (κ3) is 2.58. The summed E-state index contributed by atoms with van der Waals surface area (Å²) in [5.74, 6) is 2.16. The molecule has 98 valence electrons. The van der Waals surface area contributed by atoms with Crippen molar-refractivity contribution in [1.29, 1.82) is 0 Å². The van der Waals surface area contributed by atoms with Gasteiger partial charge in [0, 0.05) is 32.2 Å². The van der Waals surface area contributed by atoms with Gasteiger partial charge < -0.3 is 15.1 Å². The summed E-state index contributed by atoms with van der Waals surface area (Å²) < 4.78 is 0. The van der Waals surface area contributed by atoms with Gasteiger partial charge in [-0.15, -0.1) is 0 Å². The van der Waals surface area contributed by atoms with Gasteiger partial charge in [-0.25, -0.2) is 4.98 Å². The first-order valence-corrected chi connectivity index (χ1v) is 6.98. The van der Waals surface area contributed by atoms with Crippen molar-refractivity contribution in [3.05, 3.63) is 18.2 Å². The lowest BCUT2D eigenvalue weighted by molar-refractivity contribution is 0.312. The standard InChI is InChI=1S/C14H22N4/c1-17-8-10-18(11-9-17)14-7-3-6-13(16-14)15-12-4-2-5-12/h3,6-7,12H,2,4-5,8-11H2,1H3,(H,15,16). The van der Waals surface area contributed by atoms with Crippen molar-refractivity contribution in [3.8, 4) is 0 Å². The molecular weight excluding hydrogens is 224 g/mol. The Balaban J connectivity index is 1.66. The molecule has 2 fully saturated rings. The fourth-order valence-corrected chi connectivity index (χ4v) is 2.48. The van der Waals surface area contributed by atoms with Crippen LogP contribution in [0, 0.1) is 0 Å². The average molecular weight is 246 g/mol. The van der Waals surface area contributed by atoms with Gasteiger partial charge in [0.1, 0.15) is 11.6 Å². The van der Waals surface area contributed by atoms with Gasteiger partial charge in [-0.2, -0.15) is 0 Å². The highest BCUT2D eigenvalue weighted by atomic mass is 15.3. The van der Waals surface area contributed by atoms with E-state index in [0.717, 1.165) is 37.8 Å². The van der Waals surface area contributed by atoms with Gasteiger partial charge in [0.15, 0.2) is 0 Å². The summed E-state index contributed by atoms with van der Waals surface area (Å²) in [7, 11) is 2.18. The van der Waals surface area contributed by atoms with Gasteiger partial charge in [-0.05, 0) is 38.4 Å². The molecule has 4 nitrogen and oxygen atoms in total. The zero-order valence-corrected chi connectivity index (χ0v) is 11.1. The second-order valence-corrected chi connectivity index (χ2v) is 5.44. The van der Waals surface area contributed by atoms with Crippen LogP contribution >= 0.6 is 0 Å². The number of likely N-dealkylation sites (N-methyl/N-ethyl adjacent to an activating group) is 1. The first-order valence-electron chi connectivity index (χ1n) is 6.98. The highest BCUT2D eigenvalue weighted by Crippen LogP contribution is 2.23. The average Bonchev–Trinajstić information content (AvgIpc) is 2.35. The molecule has 3 rings (SSSR count). The molecule has 1 saturated carbocycles. The SMILES string of the molecule is CN1CCN(c2cccc(NC3CCC3)n2)CC1. The minimum atomic E-state index is 0.653. The monoisotopic (exact) mass is 246 g/mol. The molecule has 0 aromatic carbocycles. The largest absolute Gasteiger partial charge is 0.367 e. The van der Waals surface area contributed by atoms with E-state index in [-0.39, 0.29) is 0 Å². The van der Waals surface area contributed by atoms with Crippen molar-refractivity contribution in [2.24, 2.45) is 0 Å². The van der Waals surface area contributed by atoms with E-state index in [1.807, 2.05) is 0 Å². The molecule has 1 N–H and O–H groups in total. The van der Waals surface area contributed by atoms with E-state index in [9.17, 15) is 0 Å². The molecule has 1 aliphatic heterocycles. The van der Waals surface area contributed by atoms with Crippen molar-refractivity contribution in [2.45, 2.75) is 25.3 Å². The first-order chi connectivity index (χ1) is 8.81. The van der Waals surface area contributed by atoms with Crippen molar-refractivity contribution in [2.75, 3.05) is 43.4 Å². The number of nitrogens with zero attached hydrogens (tertiary/aromatic N) is 3. The summed E-state index contributed by atoms with van der Waals surface area (Å²) in [5, 5.41) is 3.52. The molecule has 1 aromatic heterocycles. The quantitative estimate of drug-likeness (QED) is 0.881. The highest BCUT2D eigenvalue weighted by molar-refractivity contribution is 5.48. The molecule has 2 aliphatic rings. The molecule has 1 saturated heterocycles. The molecule has 0 radical (unpaired) electrons. The molecule has 0 bridgehead atoms. The molecule has 0 unspecified atom stereocenters. The summed E-state index contributed by atoms with van der Waals surface area (Å²) >= 11 is 0. The van der Waals surface area contributed by atoms with Crippen LogP contribution < -0.4 is 10.2 Å². The predicted molar refractivity (Wildman–Crippen MR) is 75.2 cm³/mol. The van der Waals surface area contributed by atoms with E-state index in [1.54, 1.807) is 0 Å². The number of anilines is 2. The maximum atomic E-state index is 4.74. The van der Waals surface area contributed by atoms with Crippen LogP contribution in [0.2, 0.25) is 0 Å². The van der Waals surface area contributed by atoms with Crippen molar-refractivity contribution in [3.63, 3.8) is 0 Å². The molecule has 0 amide bonds. The van der Waals surface area contributed by atoms with Crippen molar-refractivity contribution in [1.82, 2.24) is 9.88 Å². The van der Waals surface area contributed by atoms with Gasteiger partial charge in [0.2, 0.25) is 0 Å². The highest BCUT2D eigenvalue weighted by Gasteiger charge is 2.18. The number of hydrogen-bond acceptors (Lipinski definition) is 4. The van der Waals surface area contributed by atoms with E-state index in [1.165, 1.54) is 19.3 Å². The fraction of sp³-hybridized carbons (Fsp3) is 0.643. The van der Waals surface area contributed by atoms with Crippen LogP contribution in [0.4, 0.5) is 11.6 Å². The summed E-state index contributed by atoms with van der Waals surface area (Å²) in [6.45, 7) is 4.41. The lowest BCUT2D eigenvalue weighted by Gasteiger charge is -2.33. The smallest absolute Gasteiger partial charge is 0.131 e. The zero-order valence-electron chi connectivity index (χ0n) is 11.1. The molecule has 1 aliphatic carbocycles. The molecule has 0 spiro atoms. The van der Waals surface area contributed by atoms with E-state index >= 15 is 0 Å². The number of piperazine rings is 1. The van der Waals surface area contributed by atoms with Gasteiger partial charge in [-0.3, -0.25) is 0 Å². The lowest BCUT2D eigenvalue weighted by Crippen LogP contribution is -2.44. The molecule has 1 aromatic rings. The van der Waals surface area contributed by atoms with Crippen LogP contribution in [0.25, 0.3) is 0 Å². The minimum Gasteiger partial charge on any atom is -0.367 e. The maximum Gasteiger partial charge on any atom is 0.131 e. The van der Waals surface area contributed by atoms with Crippen LogP contribution in [0.5, 0.6) is 0 Å². The van der Waals surface area contributed by atoms with Gasteiger partial charge in [-0.1, -0.05) is 6.07 Å². The Morgan fingerprint density at radius 1 is 1.17 bits per heavy atom. The number of rotatable bonds is 3. The normalized spacial score (nSPS) is 21.7. The predicted octanol–water partition coefficient (Wildman–Crippen LogP) is 1.80. The number of aromatic nitrogens is 1. The van der Waals surface area contributed by atoms with E-state index < -0.39 is 0 Å². The Hall–Kier alpha value is -1.29.